The van der Waals surface area contributed by atoms with Crippen LogP contribution in [0.5, 0.6) is 11.5 Å². The maximum Gasteiger partial charge on any atom is 0.343 e. The van der Waals surface area contributed by atoms with Gasteiger partial charge in [0, 0.05) is 0 Å². The van der Waals surface area contributed by atoms with E-state index in [1.165, 1.54) is 68.9 Å². The van der Waals surface area contributed by atoms with E-state index in [1.807, 2.05) is 6.92 Å². The van der Waals surface area contributed by atoms with E-state index in [2.05, 4.69) is 46.4 Å². The molecule has 2 aromatic carbocycles. The van der Waals surface area contributed by atoms with Gasteiger partial charge in [0.25, 0.3) is 5.09 Å². The lowest BCUT2D eigenvalue weighted by atomic mass is 9.68. The van der Waals surface area contributed by atoms with E-state index < -0.39 is 11.1 Å². The summed E-state index contributed by atoms with van der Waals surface area (Å²) in [6, 6.07) is 6.44. The Hall–Kier alpha value is -3.09. The van der Waals surface area contributed by atoms with E-state index in [4.69, 9.17) is 9.47 Å². The van der Waals surface area contributed by atoms with Crippen molar-refractivity contribution < 1.29 is 24.2 Å². The number of benzene rings is 2. The van der Waals surface area contributed by atoms with Crippen molar-refractivity contribution in [2.24, 2.45) is 23.2 Å². The van der Waals surface area contributed by atoms with Gasteiger partial charge in [-0.25, -0.2) is 4.79 Å². The number of methoxy groups -OCH3 is 1. The Kier molecular flexibility index (Phi) is 13.7. The van der Waals surface area contributed by atoms with Crippen LogP contribution in [-0.2, 0) is 24.3 Å². The number of esters is 1. The Labute approximate surface area is 271 Å². The first-order chi connectivity index (χ1) is 21.3. The van der Waals surface area contributed by atoms with Crippen molar-refractivity contribution in [2.75, 3.05) is 7.11 Å². The minimum absolute atomic E-state index is 0.171. The standard InChI is InChI=1S/C38H57NO6/c1-26(2)12-9-13-27(3)14-10-15-28(4)16-11-22-38(7)23-21-33-29(5)36(35(43-8)30(6)34(33)24-38)45-37(40)32-19-17-31(18-20-32)25-44-39(41)42/h17-20,26-28H,9-16,21-25H2,1-8H3. The quantitative estimate of drug-likeness (QED) is 0.0710. The van der Waals surface area contributed by atoms with E-state index in [1.54, 1.807) is 31.4 Å². The molecule has 250 valence electrons. The lowest BCUT2D eigenvalue weighted by Gasteiger charge is -2.38. The first-order valence-electron chi connectivity index (χ1n) is 17.1. The lowest BCUT2D eigenvalue weighted by Crippen LogP contribution is -2.28. The zero-order valence-electron chi connectivity index (χ0n) is 29.1. The van der Waals surface area contributed by atoms with E-state index >= 15 is 0 Å². The second kappa shape index (κ2) is 17.0. The summed E-state index contributed by atoms with van der Waals surface area (Å²) < 4.78 is 11.8. The lowest BCUT2D eigenvalue weighted by molar-refractivity contribution is -0.763. The highest BCUT2D eigenvalue weighted by Gasteiger charge is 2.34. The van der Waals surface area contributed by atoms with Crippen LogP contribution < -0.4 is 9.47 Å². The topological polar surface area (TPSA) is 87.9 Å². The predicted octanol–water partition coefficient (Wildman–Crippen LogP) is 10.2. The number of fused-ring (bicyclic) bond motifs is 1. The van der Waals surface area contributed by atoms with Crippen LogP contribution in [0.4, 0.5) is 0 Å². The number of rotatable bonds is 18. The monoisotopic (exact) mass is 623 g/mol. The minimum Gasteiger partial charge on any atom is -0.493 e. The van der Waals surface area contributed by atoms with Gasteiger partial charge in [0.05, 0.1) is 12.7 Å². The highest BCUT2D eigenvalue weighted by Crippen LogP contribution is 2.48. The van der Waals surface area contributed by atoms with Gasteiger partial charge in [0.1, 0.15) is 6.61 Å². The van der Waals surface area contributed by atoms with Crippen LogP contribution in [0.3, 0.4) is 0 Å². The fraction of sp³-hybridized carbons (Fsp3) is 0.658. The maximum atomic E-state index is 13.1. The molecule has 0 bridgehead atoms. The summed E-state index contributed by atoms with van der Waals surface area (Å²) >= 11 is 0. The fourth-order valence-electron chi connectivity index (χ4n) is 7.04. The van der Waals surface area contributed by atoms with Crippen molar-refractivity contribution >= 4 is 5.97 Å². The Morgan fingerprint density at radius 2 is 1.47 bits per heavy atom. The molecular formula is C38H57NO6. The van der Waals surface area contributed by atoms with Gasteiger partial charge in [-0.1, -0.05) is 98.1 Å². The zero-order chi connectivity index (χ0) is 33.1. The number of carbonyl (C=O) groups excluding carboxylic acids is 1. The molecule has 0 saturated heterocycles. The maximum absolute atomic E-state index is 13.1. The van der Waals surface area contributed by atoms with E-state index in [0.717, 1.165) is 48.1 Å². The fourth-order valence-corrected chi connectivity index (χ4v) is 7.04. The predicted molar refractivity (Wildman–Crippen MR) is 181 cm³/mol. The SMILES string of the molecule is COc1c(C)c2c(c(C)c1OC(=O)c1ccc(CO[N+](=O)[O-])cc1)CCC(C)(CCCC(C)CCCC(C)CCCC(C)C)C2. The number of nitrogens with zero attached hydrogens (tertiary/aromatic N) is 1. The largest absolute Gasteiger partial charge is 0.493 e. The molecule has 0 spiro atoms. The van der Waals surface area contributed by atoms with Crippen molar-refractivity contribution in [1.82, 2.24) is 0 Å². The third-order valence-corrected chi connectivity index (χ3v) is 10.0. The molecule has 0 N–H and O–H groups in total. The van der Waals surface area contributed by atoms with Crippen LogP contribution in [0.15, 0.2) is 24.3 Å². The van der Waals surface area contributed by atoms with E-state index in [-0.39, 0.29) is 12.0 Å². The van der Waals surface area contributed by atoms with Crippen LogP contribution in [0.1, 0.15) is 137 Å². The molecule has 3 unspecified atom stereocenters. The molecule has 7 heteroatoms. The average Bonchev–Trinajstić information content (AvgIpc) is 2.98. The van der Waals surface area contributed by atoms with E-state index in [0.29, 0.717) is 22.6 Å². The van der Waals surface area contributed by atoms with Gasteiger partial charge in [-0.15, -0.1) is 10.1 Å². The minimum atomic E-state index is -0.835. The molecule has 7 nitrogen and oxygen atoms in total. The molecular weight excluding hydrogens is 566 g/mol. The van der Waals surface area contributed by atoms with Gasteiger partial charge in [-0.05, 0) is 103 Å². The number of hydrogen-bond acceptors (Lipinski definition) is 6. The van der Waals surface area contributed by atoms with Gasteiger partial charge in [0.15, 0.2) is 11.5 Å². The molecule has 0 saturated carbocycles. The second-order valence-electron chi connectivity index (χ2n) is 14.5. The first-order valence-corrected chi connectivity index (χ1v) is 17.1. The summed E-state index contributed by atoms with van der Waals surface area (Å²) in [7, 11) is 1.63. The summed E-state index contributed by atoms with van der Waals surface area (Å²) in [4.78, 5) is 28.0. The number of carbonyl (C=O) groups is 1. The molecule has 0 aromatic heterocycles. The molecule has 0 aliphatic heterocycles. The van der Waals surface area contributed by atoms with Crippen molar-refractivity contribution in [3.05, 3.63) is 67.8 Å². The average molecular weight is 624 g/mol. The Morgan fingerprint density at radius 3 is 2.04 bits per heavy atom. The Morgan fingerprint density at radius 1 is 0.889 bits per heavy atom. The van der Waals surface area contributed by atoms with Gasteiger partial charge in [0.2, 0.25) is 0 Å². The summed E-state index contributed by atoms with van der Waals surface area (Å²) in [6.45, 7) is 15.9. The Balaban J connectivity index is 1.57. The molecule has 3 rings (SSSR count). The highest BCUT2D eigenvalue weighted by atomic mass is 16.9. The molecule has 3 atom stereocenters. The summed E-state index contributed by atoms with van der Waals surface area (Å²) in [5.74, 6) is 3.05. The van der Waals surface area contributed by atoms with Gasteiger partial charge < -0.3 is 14.3 Å². The second-order valence-corrected chi connectivity index (χ2v) is 14.5. The normalized spacial score (nSPS) is 17.4. The molecule has 2 aromatic rings. The summed E-state index contributed by atoms with van der Waals surface area (Å²) in [5.41, 5.74) is 5.83. The summed E-state index contributed by atoms with van der Waals surface area (Å²) in [5, 5.41) is 9.63. The number of hydrogen-bond donors (Lipinski definition) is 0. The smallest absolute Gasteiger partial charge is 0.343 e. The molecule has 0 radical (unpaired) electrons. The number of ether oxygens (including phenoxy) is 2. The third kappa shape index (κ3) is 10.7. The van der Waals surface area contributed by atoms with Crippen LogP contribution in [0.2, 0.25) is 0 Å². The molecule has 0 heterocycles. The summed E-state index contributed by atoms with van der Waals surface area (Å²) in [6.07, 6.45) is 15.0. The van der Waals surface area contributed by atoms with Crippen LogP contribution in [0.25, 0.3) is 0 Å². The van der Waals surface area contributed by atoms with Gasteiger partial charge in [-0.3, -0.25) is 0 Å². The molecule has 1 aliphatic rings. The first kappa shape index (κ1) is 36.4. The molecule has 1 aliphatic carbocycles. The third-order valence-electron chi connectivity index (χ3n) is 10.0. The van der Waals surface area contributed by atoms with Gasteiger partial charge >= 0.3 is 5.97 Å². The van der Waals surface area contributed by atoms with E-state index in [9.17, 15) is 14.9 Å². The van der Waals surface area contributed by atoms with Crippen LogP contribution in [0, 0.1) is 47.1 Å². The van der Waals surface area contributed by atoms with Crippen LogP contribution >= 0.6 is 0 Å². The van der Waals surface area contributed by atoms with Crippen molar-refractivity contribution in [2.45, 2.75) is 132 Å². The highest BCUT2D eigenvalue weighted by molar-refractivity contribution is 5.91. The van der Waals surface area contributed by atoms with Crippen molar-refractivity contribution in [3.8, 4) is 11.5 Å². The van der Waals surface area contributed by atoms with Crippen molar-refractivity contribution in [3.63, 3.8) is 0 Å². The van der Waals surface area contributed by atoms with Crippen molar-refractivity contribution in [1.29, 1.82) is 0 Å². The molecule has 45 heavy (non-hydrogen) atoms. The van der Waals surface area contributed by atoms with Crippen LogP contribution in [-0.4, -0.2) is 18.2 Å². The zero-order valence-corrected chi connectivity index (χ0v) is 29.1. The molecule has 0 fully saturated rings. The Bertz CT molecular complexity index is 1270. The van der Waals surface area contributed by atoms with Gasteiger partial charge in [-0.2, -0.15) is 0 Å². The molecule has 0 amide bonds.